The highest BCUT2D eigenvalue weighted by molar-refractivity contribution is 6.25. The molecule has 8 aromatic rings. The lowest BCUT2D eigenvalue weighted by Gasteiger charge is -2.16. The zero-order valence-corrected chi connectivity index (χ0v) is 21.1. The third-order valence-electron chi connectivity index (χ3n) is 7.98. The summed E-state index contributed by atoms with van der Waals surface area (Å²) in [5, 5.41) is 9.99. The molecule has 39 heavy (non-hydrogen) atoms. The van der Waals surface area contributed by atoms with E-state index in [1.54, 1.807) is 0 Å². The Morgan fingerprint density at radius 3 is 1.56 bits per heavy atom. The molecule has 0 saturated heterocycles. The van der Waals surface area contributed by atoms with Crippen molar-refractivity contribution in [2.45, 2.75) is 0 Å². The molecular formula is C37H23NO. The first kappa shape index (κ1) is 21.8. The molecule has 0 bridgehead atoms. The Balaban J connectivity index is 1.48. The van der Waals surface area contributed by atoms with Crippen LogP contribution in [-0.2, 0) is 0 Å². The topological polar surface area (TPSA) is 22.0 Å². The summed E-state index contributed by atoms with van der Waals surface area (Å²) < 4.78 is 1.88. The van der Waals surface area contributed by atoms with E-state index in [9.17, 15) is 4.79 Å². The summed E-state index contributed by atoms with van der Waals surface area (Å²) in [5.41, 5.74) is 3.91. The molecule has 0 unspecified atom stereocenters. The number of benzene rings is 7. The first-order chi connectivity index (χ1) is 19.3. The lowest BCUT2D eigenvalue weighted by Crippen LogP contribution is -2.19. The van der Waals surface area contributed by atoms with Crippen LogP contribution in [-0.4, -0.2) is 4.57 Å². The normalized spacial score (nSPS) is 11.7. The van der Waals surface area contributed by atoms with Crippen molar-refractivity contribution in [1.82, 2.24) is 4.57 Å². The summed E-state index contributed by atoms with van der Waals surface area (Å²) in [6.45, 7) is 0. The van der Waals surface area contributed by atoms with E-state index < -0.39 is 0 Å². The van der Waals surface area contributed by atoms with Gasteiger partial charge in [-0.3, -0.25) is 9.36 Å². The van der Waals surface area contributed by atoms with Crippen LogP contribution in [0.5, 0.6) is 0 Å². The summed E-state index contributed by atoms with van der Waals surface area (Å²) in [5.74, 6) is 0. The van der Waals surface area contributed by atoms with Crippen LogP contribution in [0.25, 0.3) is 70.8 Å². The largest absolute Gasteiger partial charge is 0.276 e. The van der Waals surface area contributed by atoms with E-state index in [0.29, 0.717) is 0 Å². The number of rotatable bonds is 2. The Bertz CT molecular complexity index is 2260. The molecule has 7 aromatic carbocycles. The number of hydrogen-bond donors (Lipinski definition) is 0. The quantitative estimate of drug-likeness (QED) is 0.218. The van der Waals surface area contributed by atoms with Gasteiger partial charge >= 0.3 is 0 Å². The number of nitrogens with zero attached hydrogens (tertiary/aromatic N) is 1. The van der Waals surface area contributed by atoms with Gasteiger partial charge in [-0.25, -0.2) is 0 Å². The molecule has 2 heteroatoms. The van der Waals surface area contributed by atoms with E-state index in [-0.39, 0.29) is 5.56 Å². The van der Waals surface area contributed by atoms with Crippen molar-refractivity contribution in [3.05, 3.63) is 150 Å². The third kappa shape index (κ3) is 3.25. The molecule has 1 aromatic heterocycles. The first-order valence-corrected chi connectivity index (χ1v) is 13.2. The second-order valence-electron chi connectivity index (χ2n) is 10.1. The molecule has 0 atom stereocenters. The van der Waals surface area contributed by atoms with Crippen molar-refractivity contribution >= 4 is 54.0 Å². The van der Waals surface area contributed by atoms with Crippen LogP contribution >= 0.6 is 0 Å². The van der Waals surface area contributed by atoms with Crippen LogP contribution in [0.15, 0.2) is 144 Å². The Morgan fingerprint density at radius 2 is 0.872 bits per heavy atom. The van der Waals surface area contributed by atoms with Gasteiger partial charge in [-0.1, -0.05) is 115 Å². The van der Waals surface area contributed by atoms with Gasteiger partial charge in [-0.2, -0.15) is 0 Å². The van der Waals surface area contributed by atoms with E-state index in [1.807, 2.05) is 47.0 Å². The summed E-state index contributed by atoms with van der Waals surface area (Å²) >= 11 is 0. The summed E-state index contributed by atoms with van der Waals surface area (Å²) in [4.78, 5) is 14.3. The molecule has 2 nitrogen and oxygen atoms in total. The van der Waals surface area contributed by atoms with Crippen LogP contribution in [0.3, 0.4) is 0 Å². The van der Waals surface area contributed by atoms with E-state index in [0.717, 1.165) is 43.9 Å². The standard InChI is InChI=1S/C37H23NO/c39-37-35-22-25(24-10-2-1-3-11-24)18-20-32(35)33-16-8-9-17-36(33)38(37)26-19-21-31-29-14-5-4-12-27(29)28-13-6-7-15-30(28)34(31)23-26/h1-23H. The SMILES string of the molecule is O=c1c2cc(-c3ccccc3)ccc2c2ccccc2n1-c1ccc2c3ccccc3c3ccccc3c2c1. The molecule has 0 saturated carbocycles. The maximum atomic E-state index is 14.3. The average Bonchev–Trinajstić information content (AvgIpc) is 3.01. The van der Waals surface area contributed by atoms with Gasteiger partial charge in [0.1, 0.15) is 0 Å². The fraction of sp³-hybridized carbons (Fsp3) is 0. The number of fused-ring (bicyclic) bond motifs is 9. The molecule has 8 rings (SSSR count). The van der Waals surface area contributed by atoms with Crippen LogP contribution in [0.2, 0.25) is 0 Å². The molecule has 1 heterocycles. The zero-order chi connectivity index (χ0) is 25.9. The number of pyridine rings is 1. The smallest absolute Gasteiger partial charge is 0.263 e. The minimum absolute atomic E-state index is 0.00840. The van der Waals surface area contributed by atoms with Crippen molar-refractivity contribution in [2.24, 2.45) is 0 Å². The summed E-state index contributed by atoms with van der Waals surface area (Å²) in [6, 6.07) is 48.2. The summed E-state index contributed by atoms with van der Waals surface area (Å²) in [6.07, 6.45) is 0. The maximum Gasteiger partial charge on any atom is 0.263 e. The molecule has 0 aliphatic rings. The van der Waals surface area contributed by atoms with Crippen LogP contribution in [0, 0.1) is 0 Å². The fourth-order valence-corrected chi connectivity index (χ4v) is 6.18. The molecule has 0 spiro atoms. The molecule has 0 N–H and O–H groups in total. The number of hydrogen-bond acceptors (Lipinski definition) is 1. The highest BCUT2D eigenvalue weighted by Crippen LogP contribution is 2.36. The average molecular weight is 498 g/mol. The van der Waals surface area contributed by atoms with Crippen molar-refractivity contribution in [3.8, 4) is 16.8 Å². The van der Waals surface area contributed by atoms with Gasteiger partial charge in [0.2, 0.25) is 0 Å². The second-order valence-corrected chi connectivity index (χ2v) is 10.1. The van der Waals surface area contributed by atoms with Crippen LogP contribution < -0.4 is 5.56 Å². The van der Waals surface area contributed by atoms with Crippen LogP contribution in [0.1, 0.15) is 0 Å². The maximum absolute atomic E-state index is 14.3. The first-order valence-electron chi connectivity index (χ1n) is 13.2. The van der Waals surface area contributed by atoms with Gasteiger partial charge in [-0.05, 0) is 73.1 Å². The van der Waals surface area contributed by atoms with Crippen molar-refractivity contribution in [1.29, 1.82) is 0 Å². The monoisotopic (exact) mass is 497 g/mol. The minimum Gasteiger partial charge on any atom is -0.276 e. The minimum atomic E-state index is -0.00840. The second kappa shape index (κ2) is 8.41. The Hall–Kier alpha value is -5.21. The van der Waals surface area contributed by atoms with E-state index >= 15 is 0 Å². The van der Waals surface area contributed by atoms with E-state index in [1.165, 1.54) is 26.9 Å². The molecule has 0 aliphatic heterocycles. The van der Waals surface area contributed by atoms with Gasteiger partial charge in [0.25, 0.3) is 5.56 Å². The van der Waals surface area contributed by atoms with Crippen molar-refractivity contribution in [3.63, 3.8) is 0 Å². The highest BCUT2D eigenvalue weighted by Gasteiger charge is 2.15. The van der Waals surface area contributed by atoms with Gasteiger partial charge < -0.3 is 0 Å². The Labute approximate surface area is 225 Å². The van der Waals surface area contributed by atoms with Crippen LogP contribution in [0.4, 0.5) is 0 Å². The van der Waals surface area contributed by atoms with Gasteiger partial charge in [0.05, 0.1) is 5.52 Å². The van der Waals surface area contributed by atoms with Crippen molar-refractivity contribution < 1.29 is 0 Å². The van der Waals surface area contributed by atoms with E-state index in [2.05, 4.69) is 97.1 Å². The molecule has 182 valence electrons. The van der Waals surface area contributed by atoms with E-state index in [4.69, 9.17) is 0 Å². The van der Waals surface area contributed by atoms with Gasteiger partial charge in [0.15, 0.2) is 0 Å². The Kier molecular flexibility index (Phi) is 4.71. The van der Waals surface area contributed by atoms with Gasteiger partial charge in [-0.15, -0.1) is 0 Å². The predicted molar refractivity (Wildman–Crippen MR) is 165 cm³/mol. The molecular weight excluding hydrogens is 474 g/mol. The predicted octanol–water partition coefficient (Wildman–Crippen LogP) is 9.27. The third-order valence-corrected chi connectivity index (χ3v) is 7.98. The molecule has 0 amide bonds. The fourth-order valence-electron chi connectivity index (χ4n) is 6.18. The zero-order valence-electron chi connectivity index (χ0n) is 21.1. The lowest BCUT2D eigenvalue weighted by atomic mass is 9.94. The summed E-state index contributed by atoms with van der Waals surface area (Å²) in [7, 11) is 0. The molecule has 0 fully saturated rings. The van der Waals surface area contributed by atoms with Crippen molar-refractivity contribution in [2.75, 3.05) is 0 Å². The molecule has 0 aliphatic carbocycles. The Morgan fingerprint density at radius 1 is 0.359 bits per heavy atom. The number of aromatic nitrogens is 1. The molecule has 0 radical (unpaired) electrons. The lowest BCUT2D eigenvalue weighted by molar-refractivity contribution is 1.06. The van der Waals surface area contributed by atoms with Gasteiger partial charge in [0, 0.05) is 16.5 Å². The highest BCUT2D eigenvalue weighted by atomic mass is 16.1. The number of para-hydroxylation sites is 1.